The summed E-state index contributed by atoms with van der Waals surface area (Å²) >= 11 is 0. The summed E-state index contributed by atoms with van der Waals surface area (Å²) in [5, 5.41) is 3.06. The molecule has 0 aromatic carbocycles. The van der Waals surface area contributed by atoms with Gasteiger partial charge in [0.2, 0.25) is 0 Å². The molecule has 1 aromatic rings. The summed E-state index contributed by atoms with van der Waals surface area (Å²) in [7, 11) is 3.66. The van der Waals surface area contributed by atoms with E-state index in [9.17, 15) is 4.79 Å². The number of pyridine rings is 1. The molecule has 1 fully saturated rings. The molecule has 0 radical (unpaired) electrons. The molecule has 20 heavy (non-hydrogen) atoms. The van der Waals surface area contributed by atoms with Crippen LogP contribution in [0.5, 0.6) is 0 Å². The first kappa shape index (κ1) is 14.8. The lowest BCUT2D eigenvalue weighted by Gasteiger charge is -2.27. The highest BCUT2D eigenvalue weighted by Crippen LogP contribution is 2.19. The van der Waals surface area contributed by atoms with Crippen LogP contribution >= 0.6 is 0 Å². The summed E-state index contributed by atoms with van der Waals surface area (Å²) in [6.07, 6.45) is 3.86. The van der Waals surface area contributed by atoms with Gasteiger partial charge in [-0.15, -0.1) is 0 Å². The number of hydrogen-bond donors (Lipinski definition) is 1. The largest absolute Gasteiger partial charge is 0.387 e. The highest BCUT2D eigenvalue weighted by molar-refractivity contribution is 5.99. The minimum absolute atomic E-state index is 0.00687. The molecule has 2 heterocycles. The molecule has 0 spiro atoms. The number of carbonyl (C=O) groups excluding carboxylic acids is 1. The van der Waals surface area contributed by atoms with Crippen molar-refractivity contribution in [1.29, 1.82) is 0 Å². The summed E-state index contributed by atoms with van der Waals surface area (Å²) in [6, 6.07) is 1.89. The first-order valence-corrected chi connectivity index (χ1v) is 7.09. The van der Waals surface area contributed by atoms with Crippen molar-refractivity contribution in [3.8, 4) is 0 Å². The average molecular weight is 277 g/mol. The molecule has 1 atom stereocenters. The molecule has 0 saturated carbocycles. The molecule has 1 saturated heterocycles. The molecule has 1 amide bonds. The zero-order valence-electron chi connectivity index (χ0n) is 12.5. The lowest BCUT2D eigenvalue weighted by molar-refractivity contribution is 0.0388. The van der Waals surface area contributed by atoms with Gasteiger partial charge in [0.1, 0.15) is 0 Å². The monoisotopic (exact) mass is 277 g/mol. The quantitative estimate of drug-likeness (QED) is 0.913. The Balaban J connectivity index is 2.05. The van der Waals surface area contributed by atoms with E-state index in [4.69, 9.17) is 4.74 Å². The van der Waals surface area contributed by atoms with Gasteiger partial charge in [0, 0.05) is 39.1 Å². The summed E-state index contributed by atoms with van der Waals surface area (Å²) < 4.78 is 5.47. The van der Waals surface area contributed by atoms with Crippen molar-refractivity contribution in [2.24, 2.45) is 5.92 Å². The predicted molar refractivity (Wildman–Crippen MR) is 79.0 cm³/mol. The van der Waals surface area contributed by atoms with Gasteiger partial charge in [-0.1, -0.05) is 0 Å². The number of nitrogens with one attached hydrogen (secondary N) is 1. The zero-order chi connectivity index (χ0) is 14.5. The molecule has 1 aliphatic heterocycles. The zero-order valence-corrected chi connectivity index (χ0v) is 12.5. The van der Waals surface area contributed by atoms with E-state index in [1.165, 1.54) is 0 Å². The summed E-state index contributed by atoms with van der Waals surface area (Å²) in [4.78, 5) is 18.5. The average Bonchev–Trinajstić information content (AvgIpc) is 2.47. The van der Waals surface area contributed by atoms with Crippen LogP contribution in [0.2, 0.25) is 0 Å². The molecular formula is C15H23N3O2. The van der Waals surface area contributed by atoms with Gasteiger partial charge in [0.05, 0.1) is 17.9 Å². The number of ether oxygens (including phenoxy) is 1. The van der Waals surface area contributed by atoms with E-state index < -0.39 is 0 Å². The fourth-order valence-corrected chi connectivity index (χ4v) is 2.56. The van der Waals surface area contributed by atoms with Crippen molar-refractivity contribution < 1.29 is 9.53 Å². The SMILES string of the molecule is CNc1cc(C)ncc1C(=O)N(C)CC1CCCOC1. The van der Waals surface area contributed by atoms with E-state index in [0.717, 1.165) is 44.0 Å². The Morgan fingerprint density at radius 1 is 1.60 bits per heavy atom. The summed E-state index contributed by atoms with van der Waals surface area (Å²) in [5.41, 5.74) is 2.35. The molecular weight excluding hydrogens is 254 g/mol. The first-order valence-electron chi connectivity index (χ1n) is 7.09. The Hall–Kier alpha value is -1.62. The van der Waals surface area contributed by atoms with E-state index >= 15 is 0 Å². The molecule has 1 aliphatic rings. The van der Waals surface area contributed by atoms with Crippen LogP contribution in [-0.4, -0.2) is 49.6 Å². The van der Waals surface area contributed by atoms with E-state index in [1.807, 2.05) is 27.1 Å². The van der Waals surface area contributed by atoms with Gasteiger partial charge in [-0.2, -0.15) is 0 Å². The summed E-state index contributed by atoms with van der Waals surface area (Å²) in [6.45, 7) is 4.25. The number of rotatable bonds is 4. The van der Waals surface area contributed by atoms with Crippen LogP contribution in [0, 0.1) is 12.8 Å². The van der Waals surface area contributed by atoms with Gasteiger partial charge in [0.15, 0.2) is 0 Å². The molecule has 1 N–H and O–H groups in total. The van der Waals surface area contributed by atoms with Crippen molar-refractivity contribution in [3.63, 3.8) is 0 Å². The Morgan fingerprint density at radius 3 is 3.05 bits per heavy atom. The third-order valence-corrected chi connectivity index (χ3v) is 3.67. The fourth-order valence-electron chi connectivity index (χ4n) is 2.56. The Morgan fingerprint density at radius 2 is 2.40 bits per heavy atom. The van der Waals surface area contributed by atoms with E-state index in [2.05, 4.69) is 10.3 Å². The third kappa shape index (κ3) is 3.48. The molecule has 1 unspecified atom stereocenters. The van der Waals surface area contributed by atoms with Crippen LogP contribution in [-0.2, 0) is 4.74 Å². The number of anilines is 1. The van der Waals surface area contributed by atoms with Crippen LogP contribution < -0.4 is 5.32 Å². The van der Waals surface area contributed by atoms with Gasteiger partial charge in [-0.25, -0.2) is 0 Å². The molecule has 2 rings (SSSR count). The van der Waals surface area contributed by atoms with Gasteiger partial charge in [0.25, 0.3) is 5.91 Å². The predicted octanol–water partition coefficient (Wildman–Crippen LogP) is 1.93. The van der Waals surface area contributed by atoms with Crippen LogP contribution in [0.25, 0.3) is 0 Å². The lowest BCUT2D eigenvalue weighted by atomic mass is 10.0. The number of aryl methyl sites for hydroxylation is 1. The Bertz CT molecular complexity index is 470. The lowest BCUT2D eigenvalue weighted by Crippen LogP contribution is -2.35. The molecule has 0 aliphatic carbocycles. The number of amides is 1. The van der Waals surface area contributed by atoms with Gasteiger partial charge >= 0.3 is 0 Å². The minimum Gasteiger partial charge on any atom is -0.387 e. The number of hydrogen-bond acceptors (Lipinski definition) is 4. The smallest absolute Gasteiger partial charge is 0.257 e. The maximum atomic E-state index is 12.5. The van der Waals surface area contributed by atoms with Crippen molar-refractivity contribution in [2.45, 2.75) is 19.8 Å². The van der Waals surface area contributed by atoms with Crippen molar-refractivity contribution in [2.75, 3.05) is 39.2 Å². The fraction of sp³-hybridized carbons (Fsp3) is 0.600. The molecule has 1 aromatic heterocycles. The maximum Gasteiger partial charge on any atom is 0.257 e. The standard InChI is InChI=1S/C15H23N3O2/c1-11-7-14(16-2)13(8-17-11)15(19)18(3)9-12-5-4-6-20-10-12/h7-8,12H,4-6,9-10H2,1-3H3,(H,16,17). The van der Waals surface area contributed by atoms with Gasteiger partial charge < -0.3 is 15.0 Å². The number of nitrogens with zero attached hydrogens (tertiary/aromatic N) is 2. The van der Waals surface area contributed by atoms with Gasteiger partial charge in [-0.3, -0.25) is 9.78 Å². The van der Waals surface area contributed by atoms with Crippen molar-refractivity contribution in [3.05, 3.63) is 23.5 Å². The van der Waals surface area contributed by atoms with Crippen LogP contribution in [0.4, 0.5) is 5.69 Å². The molecule has 0 bridgehead atoms. The van der Waals surface area contributed by atoms with Crippen LogP contribution in [0.1, 0.15) is 28.9 Å². The highest BCUT2D eigenvalue weighted by atomic mass is 16.5. The second-order valence-electron chi connectivity index (χ2n) is 5.39. The second kappa shape index (κ2) is 6.70. The minimum atomic E-state index is 0.00687. The molecule has 110 valence electrons. The maximum absolute atomic E-state index is 12.5. The first-order chi connectivity index (χ1) is 9.61. The third-order valence-electron chi connectivity index (χ3n) is 3.67. The topological polar surface area (TPSA) is 54.5 Å². The van der Waals surface area contributed by atoms with Crippen LogP contribution in [0.15, 0.2) is 12.3 Å². The van der Waals surface area contributed by atoms with Crippen molar-refractivity contribution >= 4 is 11.6 Å². The normalized spacial score (nSPS) is 18.6. The Kier molecular flexibility index (Phi) is 4.95. The second-order valence-corrected chi connectivity index (χ2v) is 5.39. The molecule has 5 nitrogen and oxygen atoms in total. The van der Waals surface area contributed by atoms with E-state index in [-0.39, 0.29) is 5.91 Å². The Labute approximate surface area is 120 Å². The summed E-state index contributed by atoms with van der Waals surface area (Å²) in [5.74, 6) is 0.446. The van der Waals surface area contributed by atoms with E-state index in [1.54, 1.807) is 11.1 Å². The van der Waals surface area contributed by atoms with E-state index in [0.29, 0.717) is 11.5 Å². The molecule has 5 heteroatoms. The number of carbonyl (C=O) groups is 1. The van der Waals surface area contributed by atoms with Gasteiger partial charge in [-0.05, 0) is 31.7 Å². The van der Waals surface area contributed by atoms with Crippen molar-refractivity contribution in [1.82, 2.24) is 9.88 Å². The van der Waals surface area contributed by atoms with Crippen LogP contribution in [0.3, 0.4) is 0 Å². The highest BCUT2D eigenvalue weighted by Gasteiger charge is 2.21. The number of aromatic nitrogens is 1.